The van der Waals surface area contributed by atoms with Crippen LogP contribution in [0.1, 0.15) is 15.9 Å². The first-order chi connectivity index (χ1) is 13.9. The Balaban J connectivity index is 1.63. The molecule has 1 aliphatic rings. The Bertz CT molecular complexity index is 975. The van der Waals surface area contributed by atoms with Crippen molar-refractivity contribution >= 4 is 31.9 Å². The van der Waals surface area contributed by atoms with E-state index in [4.69, 9.17) is 9.47 Å². The van der Waals surface area contributed by atoms with Crippen LogP contribution < -0.4 is 10.1 Å². The van der Waals surface area contributed by atoms with Crippen LogP contribution in [0.5, 0.6) is 5.75 Å². The lowest BCUT2D eigenvalue weighted by Crippen LogP contribution is -2.40. The van der Waals surface area contributed by atoms with E-state index in [0.717, 1.165) is 4.47 Å². The molecule has 0 radical (unpaired) electrons. The molecule has 156 valence electrons. The Labute approximate surface area is 179 Å². The molecule has 0 unspecified atom stereocenters. The number of hydrogen-bond acceptors (Lipinski definition) is 5. The van der Waals surface area contributed by atoms with Gasteiger partial charge in [-0.25, -0.2) is 8.42 Å². The van der Waals surface area contributed by atoms with E-state index >= 15 is 0 Å². The smallest absolute Gasteiger partial charge is 0.251 e. The Morgan fingerprint density at radius 1 is 1.21 bits per heavy atom. The van der Waals surface area contributed by atoms with Crippen molar-refractivity contribution in [3.8, 4) is 5.75 Å². The molecule has 7 nitrogen and oxygen atoms in total. The van der Waals surface area contributed by atoms with Gasteiger partial charge in [-0.05, 0) is 42.8 Å². The third-order valence-electron chi connectivity index (χ3n) is 4.51. The maximum Gasteiger partial charge on any atom is 0.251 e. The molecule has 3 rings (SSSR count). The average molecular weight is 483 g/mol. The van der Waals surface area contributed by atoms with Crippen LogP contribution in [-0.4, -0.2) is 58.1 Å². The number of sulfonamides is 1. The fourth-order valence-corrected chi connectivity index (χ4v) is 4.74. The number of amides is 1. The van der Waals surface area contributed by atoms with E-state index in [9.17, 15) is 13.2 Å². The number of nitrogens with zero attached hydrogens (tertiary/aromatic N) is 1. The van der Waals surface area contributed by atoms with E-state index in [0.29, 0.717) is 56.3 Å². The van der Waals surface area contributed by atoms with Gasteiger partial charge in [0, 0.05) is 23.1 Å². The lowest BCUT2D eigenvalue weighted by molar-refractivity contribution is 0.0730. The zero-order valence-corrected chi connectivity index (χ0v) is 18.5. The van der Waals surface area contributed by atoms with Crippen molar-refractivity contribution in [1.82, 2.24) is 9.62 Å². The van der Waals surface area contributed by atoms with Crippen LogP contribution in [0.15, 0.2) is 51.8 Å². The number of morpholine rings is 1. The van der Waals surface area contributed by atoms with Crippen LogP contribution in [0, 0.1) is 6.92 Å². The topological polar surface area (TPSA) is 84.9 Å². The van der Waals surface area contributed by atoms with Crippen molar-refractivity contribution in [3.05, 3.63) is 58.1 Å². The number of carbonyl (C=O) groups excluding carboxylic acids is 1. The van der Waals surface area contributed by atoms with Gasteiger partial charge in [-0.3, -0.25) is 4.79 Å². The number of rotatable bonds is 7. The number of nitrogens with one attached hydrogen (secondary N) is 1. The molecule has 9 heteroatoms. The molecular weight excluding hydrogens is 460 g/mol. The van der Waals surface area contributed by atoms with Crippen molar-refractivity contribution in [2.24, 2.45) is 0 Å². The SMILES string of the molecule is Cc1ccc(S(=O)(=O)N2CCOCC2)cc1C(=O)NCCOc1cccc(Br)c1. The largest absolute Gasteiger partial charge is 0.492 e. The molecule has 1 aliphatic heterocycles. The standard InChI is InChI=1S/C20H23BrN2O5S/c1-15-5-6-18(29(25,26)23-8-11-27-12-9-23)14-19(15)20(24)22-7-10-28-17-4-2-3-16(21)13-17/h2-6,13-14H,7-12H2,1H3,(H,22,24). The first-order valence-electron chi connectivity index (χ1n) is 9.23. The molecular formula is C20H23BrN2O5S. The lowest BCUT2D eigenvalue weighted by atomic mass is 10.1. The van der Waals surface area contributed by atoms with Crippen LogP contribution in [0.3, 0.4) is 0 Å². The molecule has 1 saturated heterocycles. The molecule has 0 aromatic heterocycles. The molecule has 2 aromatic rings. The predicted molar refractivity (Wildman–Crippen MR) is 113 cm³/mol. The molecule has 0 aliphatic carbocycles. The highest BCUT2D eigenvalue weighted by Crippen LogP contribution is 2.21. The van der Waals surface area contributed by atoms with Gasteiger partial charge >= 0.3 is 0 Å². The van der Waals surface area contributed by atoms with Gasteiger partial charge in [0.1, 0.15) is 12.4 Å². The summed E-state index contributed by atoms with van der Waals surface area (Å²) in [6.45, 7) is 3.73. The Hall–Kier alpha value is -1.94. The molecule has 1 amide bonds. The van der Waals surface area contributed by atoms with Crippen molar-refractivity contribution in [3.63, 3.8) is 0 Å². The van der Waals surface area contributed by atoms with Gasteiger partial charge in [0.05, 0.1) is 24.7 Å². The number of benzene rings is 2. The summed E-state index contributed by atoms with van der Waals surface area (Å²) in [6, 6.07) is 12.1. The number of halogens is 1. The first-order valence-corrected chi connectivity index (χ1v) is 11.5. The summed E-state index contributed by atoms with van der Waals surface area (Å²) >= 11 is 3.38. The average Bonchev–Trinajstić information content (AvgIpc) is 2.72. The summed E-state index contributed by atoms with van der Waals surface area (Å²) < 4.78 is 38.8. The maximum absolute atomic E-state index is 12.8. The van der Waals surface area contributed by atoms with Gasteiger partial charge in [-0.1, -0.05) is 28.1 Å². The van der Waals surface area contributed by atoms with Crippen molar-refractivity contribution in [2.45, 2.75) is 11.8 Å². The highest BCUT2D eigenvalue weighted by molar-refractivity contribution is 9.10. The summed E-state index contributed by atoms with van der Waals surface area (Å²) in [5.74, 6) is 0.364. The fourth-order valence-electron chi connectivity index (χ4n) is 2.93. The molecule has 2 aromatic carbocycles. The van der Waals surface area contributed by atoms with Gasteiger partial charge in [0.25, 0.3) is 5.91 Å². The third-order valence-corrected chi connectivity index (χ3v) is 6.90. The number of ether oxygens (including phenoxy) is 2. The number of hydrogen-bond donors (Lipinski definition) is 1. The fraction of sp³-hybridized carbons (Fsp3) is 0.350. The van der Waals surface area contributed by atoms with Gasteiger partial charge in [-0.15, -0.1) is 0 Å². The van der Waals surface area contributed by atoms with E-state index < -0.39 is 10.0 Å². The summed E-state index contributed by atoms with van der Waals surface area (Å²) in [5, 5.41) is 2.78. The second-order valence-corrected chi connectivity index (χ2v) is 9.41. The summed E-state index contributed by atoms with van der Waals surface area (Å²) in [5.41, 5.74) is 1.04. The number of carbonyl (C=O) groups is 1. The molecule has 1 fully saturated rings. The highest BCUT2D eigenvalue weighted by atomic mass is 79.9. The van der Waals surface area contributed by atoms with E-state index in [1.807, 2.05) is 24.3 Å². The molecule has 1 N–H and O–H groups in total. The number of aryl methyl sites for hydroxylation is 1. The minimum Gasteiger partial charge on any atom is -0.492 e. The molecule has 0 spiro atoms. The third kappa shape index (κ3) is 5.57. The van der Waals surface area contributed by atoms with Crippen molar-refractivity contribution < 1.29 is 22.7 Å². The van der Waals surface area contributed by atoms with Crippen LogP contribution in [-0.2, 0) is 14.8 Å². The quantitative estimate of drug-likeness (QED) is 0.613. The van der Waals surface area contributed by atoms with Crippen LogP contribution in [0.4, 0.5) is 0 Å². The van der Waals surface area contributed by atoms with Gasteiger partial charge in [-0.2, -0.15) is 4.31 Å². The minimum absolute atomic E-state index is 0.112. The van der Waals surface area contributed by atoms with E-state index in [1.165, 1.54) is 16.4 Å². The zero-order chi connectivity index (χ0) is 20.9. The lowest BCUT2D eigenvalue weighted by Gasteiger charge is -2.26. The Kier molecular flexibility index (Phi) is 7.28. The first kappa shape index (κ1) is 21.8. The van der Waals surface area contributed by atoms with E-state index in [2.05, 4.69) is 21.2 Å². The monoisotopic (exact) mass is 482 g/mol. The van der Waals surface area contributed by atoms with Gasteiger partial charge < -0.3 is 14.8 Å². The van der Waals surface area contributed by atoms with Crippen molar-refractivity contribution in [1.29, 1.82) is 0 Å². The highest BCUT2D eigenvalue weighted by Gasteiger charge is 2.27. The summed E-state index contributed by atoms with van der Waals surface area (Å²) in [6.07, 6.45) is 0. The second-order valence-electron chi connectivity index (χ2n) is 6.55. The van der Waals surface area contributed by atoms with Crippen LogP contribution in [0.25, 0.3) is 0 Å². The predicted octanol–water partition coefficient (Wildman–Crippen LogP) is 2.59. The molecule has 0 atom stereocenters. The van der Waals surface area contributed by atoms with E-state index in [-0.39, 0.29) is 10.8 Å². The summed E-state index contributed by atoms with van der Waals surface area (Å²) in [4.78, 5) is 12.7. The minimum atomic E-state index is -3.66. The van der Waals surface area contributed by atoms with Crippen LogP contribution >= 0.6 is 15.9 Å². The normalized spacial score (nSPS) is 15.1. The maximum atomic E-state index is 12.8. The zero-order valence-electron chi connectivity index (χ0n) is 16.1. The second kappa shape index (κ2) is 9.71. The van der Waals surface area contributed by atoms with Crippen LogP contribution in [0.2, 0.25) is 0 Å². The Morgan fingerprint density at radius 2 is 1.97 bits per heavy atom. The van der Waals surface area contributed by atoms with Gasteiger partial charge in [0.2, 0.25) is 10.0 Å². The van der Waals surface area contributed by atoms with E-state index in [1.54, 1.807) is 13.0 Å². The van der Waals surface area contributed by atoms with Crippen molar-refractivity contribution in [2.75, 3.05) is 39.5 Å². The molecule has 0 saturated carbocycles. The molecule has 29 heavy (non-hydrogen) atoms. The Morgan fingerprint density at radius 3 is 2.69 bits per heavy atom. The molecule has 1 heterocycles. The molecule has 0 bridgehead atoms. The van der Waals surface area contributed by atoms with Gasteiger partial charge in [0.15, 0.2) is 0 Å². The summed E-state index contributed by atoms with van der Waals surface area (Å²) in [7, 11) is -3.66.